The Bertz CT molecular complexity index is 476. The molecule has 0 saturated heterocycles. The standard InChI is InChI=1S/C11H13N3O2S/c1-13-10(11(12)16)6-2-3-8-7(4-6)14-9(15)5-17-8/h2-4,10,13H,5H2,1H3,(H2,12,16)(H,14,15). The molecule has 17 heavy (non-hydrogen) atoms. The summed E-state index contributed by atoms with van der Waals surface area (Å²) in [6.07, 6.45) is 0. The van der Waals surface area contributed by atoms with Crippen molar-refractivity contribution in [2.24, 2.45) is 5.73 Å². The van der Waals surface area contributed by atoms with Crippen molar-refractivity contribution >= 4 is 29.3 Å². The van der Waals surface area contributed by atoms with E-state index < -0.39 is 11.9 Å². The minimum atomic E-state index is -0.538. The van der Waals surface area contributed by atoms with Crippen LogP contribution in [-0.4, -0.2) is 24.6 Å². The van der Waals surface area contributed by atoms with Crippen molar-refractivity contribution < 1.29 is 9.59 Å². The van der Waals surface area contributed by atoms with Gasteiger partial charge < -0.3 is 16.4 Å². The maximum atomic E-state index is 11.3. The quantitative estimate of drug-likeness (QED) is 0.729. The number of primary amides is 1. The molecule has 1 unspecified atom stereocenters. The average Bonchev–Trinajstić information content (AvgIpc) is 2.29. The van der Waals surface area contributed by atoms with E-state index in [-0.39, 0.29) is 5.91 Å². The second-order valence-corrected chi connectivity index (χ2v) is 4.73. The van der Waals surface area contributed by atoms with Crippen molar-refractivity contribution in [3.63, 3.8) is 0 Å². The molecule has 1 heterocycles. The van der Waals surface area contributed by atoms with Gasteiger partial charge in [-0.2, -0.15) is 0 Å². The van der Waals surface area contributed by atoms with Crippen LogP contribution in [0.3, 0.4) is 0 Å². The van der Waals surface area contributed by atoms with E-state index in [1.54, 1.807) is 13.1 Å². The maximum absolute atomic E-state index is 11.3. The van der Waals surface area contributed by atoms with E-state index in [1.807, 2.05) is 12.1 Å². The van der Waals surface area contributed by atoms with E-state index in [9.17, 15) is 9.59 Å². The first-order chi connectivity index (χ1) is 8.11. The molecule has 0 saturated carbocycles. The van der Waals surface area contributed by atoms with Gasteiger partial charge in [0.15, 0.2) is 0 Å². The molecule has 4 N–H and O–H groups in total. The van der Waals surface area contributed by atoms with Crippen LogP contribution in [0.15, 0.2) is 23.1 Å². The zero-order valence-corrected chi connectivity index (χ0v) is 10.1. The van der Waals surface area contributed by atoms with Crippen LogP contribution < -0.4 is 16.4 Å². The van der Waals surface area contributed by atoms with Crippen LogP contribution in [0.4, 0.5) is 5.69 Å². The van der Waals surface area contributed by atoms with Crippen molar-refractivity contribution in [3.8, 4) is 0 Å². The molecule has 0 aliphatic carbocycles. The number of hydrogen-bond acceptors (Lipinski definition) is 4. The van der Waals surface area contributed by atoms with E-state index in [1.165, 1.54) is 11.8 Å². The Hall–Kier alpha value is -1.53. The lowest BCUT2D eigenvalue weighted by molar-refractivity contribution is -0.120. The average molecular weight is 251 g/mol. The number of amides is 2. The smallest absolute Gasteiger partial charge is 0.239 e. The molecule has 5 nitrogen and oxygen atoms in total. The first-order valence-corrected chi connectivity index (χ1v) is 6.13. The zero-order chi connectivity index (χ0) is 12.4. The largest absolute Gasteiger partial charge is 0.368 e. The first kappa shape index (κ1) is 11.9. The van der Waals surface area contributed by atoms with Gasteiger partial charge in [0.05, 0.1) is 11.4 Å². The lowest BCUT2D eigenvalue weighted by atomic mass is 10.1. The Balaban J connectivity index is 2.35. The summed E-state index contributed by atoms with van der Waals surface area (Å²) in [5, 5.41) is 5.62. The van der Waals surface area contributed by atoms with Gasteiger partial charge in [-0.05, 0) is 24.7 Å². The van der Waals surface area contributed by atoms with Crippen molar-refractivity contribution in [3.05, 3.63) is 23.8 Å². The Morgan fingerprint density at radius 2 is 2.35 bits per heavy atom. The fourth-order valence-corrected chi connectivity index (χ4v) is 2.54. The van der Waals surface area contributed by atoms with Crippen molar-refractivity contribution in [1.29, 1.82) is 0 Å². The second-order valence-electron chi connectivity index (χ2n) is 3.72. The molecule has 0 radical (unpaired) electrons. The van der Waals surface area contributed by atoms with Crippen molar-refractivity contribution in [2.45, 2.75) is 10.9 Å². The predicted octanol–water partition coefficient (Wildman–Crippen LogP) is 0.477. The minimum Gasteiger partial charge on any atom is -0.368 e. The highest BCUT2D eigenvalue weighted by Crippen LogP contribution is 2.33. The summed E-state index contributed by atoms with van der Waals surface area (Å²) in [6, 6.07) is 4.98. The monoisotopic (exact) mass is 251 g/mol. The minimum absolute atomic E-state index is 0.0280. The topological polar surface area (TPSA) is 84.2 Å². The number of carbonyl (C=O) groups is 2. The molecule has 0 bridgehead atoms. The highest BCUT2D eigenvalue weighted by Gasteiger charge is 2.20. The van der Waals surface area contributed by atoms with Gasteiger partial charge in [-0.1, -0.05) is 6.07 Å². The van der Waals surface area contributed by atoms with E-state index >= 15 is 0 Å². The lowest BCUT2D eigenvalue weighted by Crippen LogP contribution is -2.31. The number of benzene rings is 1. The van der Waals surface area contributed by atoms with Gasteiger partial charge in [0.25, 0.3) is 0 Å². The molecular weight excluding hydrogens is 238 g/mol. The summed E-state index contributed by atoms with van der Waals surface area (Å²) in [4.78, 5) is 23.5. The Kier molecular flexibility index (Phi) is 3.35. The molecule has 2 amide bonds. The van der Waals surface area contributed by atoms with Gasteiger partial charge >= 0.3 is 0 Å². The number of hydrogen-bond donors (Lipinski definition) is 3. The lowest BCUT2D eigenvalue weighted by Gasteiger charge is -2.19. The third-order valence-corrected chi connectivity index (χ3v) is 3.62. The summed E-state index contributed by atoms with van der Waals surface area (Å²) in [7, 11) is 1.67. The number of anilines is 1. The van der Waals surface area contributed by atoms with Crippen LogP contribution in [0.2, 0.25) is 0 Å². The molecule has 0 fully saturated rings. The number of likely N-dealkylation sites (N-methyl/N-ethyl adjacent to an activating group) is 1. The molecular formula is C11H13N3O2S. The van der Waals surface area contributed by atoms with Crippen LogP contribution in [0.1, 0.15) is 11.6 Å². The third kappa shape index (κ3) is 2.42. The molecule has 1 aliphatic heterocycles. The van der Waals surface area contributed by atoms with Crippen molar-refractivity contribution in [2.75, 3.05) is 18.1 Å². The zero-order valence-electron chi connectivity index (χ0n) is 9.32. The normalized spacial score (nSPS) is 15.9. The van der Waals surface area contributed by atoms with Gasteiger partial charge in [-0.25, -0.2) is 0 Å². The van der Waals surface area contributed by atoms with E-state index in [0.717, 1.165) is 16.1 Å². The molecule has 1 atom stereocenters. The number of nitrogens with one attached hydrogen (secondary N) is 2. The summed E-state index contributed by atoms with van der Waals surface area (Å²) in [6.45, 7) is 0. The van der Waals surface area contributed by atoms with Crippen LogP contribution >= 0.6 is 11.8 Å². The molecule has 6 heteroatoms. The Morgan fingerprint density at radius 1 is 1.59 bits per heavy atom. The molecule has 0 spiro atoms. The molecule has 2 rings (SSSR count). The number of rotatable bonds is 3. The molecule has 1 aromatic rings. The number of thioether (sulfide) groups is 1. The molecule has 0 aromatic heterocycles. The summed E-state index contributed by atoms with van der Waals surface area (Å²) in [5.41, 5.74) is 6.78. The van der Waals surface area contributed by atoms with Gasteiger partial charge in [0, 0.05) is 4.90 Å². The number of carbonyl (C=O) groups excluding carboxylic acids is 2. The summed E-state index contributed by atoms with van der Waals surface area (Å²) >= 11 is 1.48. The van der Waals surface area contributed by atoms with E-state index in [4.69, 9.17) is 5.73 Å². The van der Waals surface area contributed by atoms with Gasteiger partial charge in [0.1, 0.15) is 6.04 Å². The van der Waals surface area contributed by atoms with E-state index in [0.29, 0.717) is 5.75 Å². The number of fused-ring (bicyclic) bond motifs is 1. The SMILES string of the molecule is CNC(C(N)=O)c1ccc2c(c1)NC(=O)CS2. The highest BCUT2D eigenvalue weighted by atomic mass is 32.2. The summed E-state index contributed by atoms with van der Waals surface area (Å²) in [5.74, 6) is -0.0422. The predicted molar refractivity (Wildman–Crippen MR) is 66.8 cm³/mol. The first-order valence-electron chi connectivity index (χ1n) is 5.15. The highest BCUT2D eigenvalue weighted by molar-refractivity contribution is 8.00. The van der Waals surface area contributed by atoms with Gasteiger partial charge in [-0.15, -0.1) is 11.8 Å². The molecule has 1 aliphatic rings. The maximum Gasteiger partial charge on any atom is 0.239 e. The summed E-state index contributed by atoms with van der Waals surface area (Å²) < 4.78 is 0. The Labute approximate surface area is 103 Å². The Morgan fingerprint density at radius 3 is 3.00 bits per heavy atom. The van der Waals surface area contributed by atoms with Crippen LogP contribution in [0, 0.1) is 0 Å². The van der Waals surface area contributed by atoms with Crippen LogP contribution in [0.5, 0.6) is 0 Å². The fourth-order valence-electron chi connectivity index (χ4n) is 1.75. The van der Waals surface area contributed by atoms with E-state index in [2.05, 4.69) is 10.6 Å². The van der Waals surface area contributed by atoms with Crippen molar-refractivity contribution in [1.82, 2.24) is 5.32 Å². The second kappa shape index (κ2) is 4.77. The molecule has 1 aromatic carbocycles. The number of nitrogens with two attached hydrogens (primary N) is 1. The van der Waals surface area contributed by atoms with Crippen LogP contribution in [0.25, 0.3) is 0 Å². The van der Waals surface area contributed by atoms with Gasteiger partial charge in [0.2, 0.25) is 11.8 Å². The van der Waals surface area contributed by atoms with Gasteiger partial charge in [-0.3, -0.25) is 9.59 Å². The molecule has 90 valence electrons. The third-order valence-electron chi connectivity index (χ3n) is 2.54. The van der Waals surface area contributed by atoms with Crippen LogP contribution in [-0.2, 0) is 9.59 Å². The fraction of sp³-hybridized carbons (Fsp3) is 0.273.